The van der Waals surface area contributed by atoms with Crippen LogP contribution in [0.15, 0.2) is 0 Å². The number of amides is 4. The summed E-state index contributed by atoms with van der Waals surface area (Å²) in [6.45, 7) is 3.75. The number of nitrogens with one attached hydrogen (secondary N) is 2. The van der Waals surface area contributed by atoms with Gasteiger partial charge < -0.3 is 5.32 Å². The molecule has 1 aliphatic heterocycles. The van der Waals surface area contributed by atoms with E-state index in [0.29, 0.717) is 25.8 Å². The van der Waals surface area contributed by atoms with Crippen LogP contribution in [0.4, 0.5) is 4.79 Å². The van der Waals surface area contributed by atoms with E-state index in [4.69, 9.17) is 5.84 Å². The van der Waals surface area contributed by atoms with Crippen molar-refractivity contribution in [3.05, 3.63) is 0 Å². The quantitative estimate of drug-likeness (QED) is 0.202. The minimum atomic E-state index is -0.809. The molecule has 7 heteroatoms. The van der Waals surface area contributed by atoms with Crippen LogP contribution in [-0.2, 0) is 9.59 Å². The van der Waals surface area contributed by atoms with Gasteiger partial charge in [0.1, 0.15) is 5.54 Å². The molecular weight excluding hydrogens is 236 g/mol. The van der Waals surface area contributed by atoms with E-state index in [1.165, 1.54) is 4.90 Å². The normalized spacial score (nSPS) is 17.8. The van der Waals surface area contributed by atoms with E-state index in [0.717, 1.165) is 6.42 Å². The fraction of sp³-hybridized carbons (Fsp3) is 0.727. The number of unbranched alkanes of at least 4 members (excludes halogenated alkanes) is 2. The van der Waals surface area contributed by atoms with E-state index in [9.17, 15) is 14.4 Å². The van der Waals surface area contributed by atoms with Crippen molar-refractivity contribution in [3.63, 3.8) is 0 Å². The Bertz CT molecular complexity index is 354. The van der Waals surface area contributed by atoms with Crippen molar-refractivity contribution in [3.8, 4) is 0 Å². The number of hydrogen-bond donors (Lipinski definition) is 3. The SMILES string of the molecule is CC1(C)NC(=O)N(CCCCCC(=O)NN)C1=O. The summed E-state index contributed by atoms with van der Waals surface area (Å²) in [7, 11) is 0. The fourth-order valence-electron chi connectivity index (χ4n) is 1.83. The molecule has 1 saturated heterocycles. The summed E-state index contributed by atoms with van der Waals surface area (Å²) in [6, 6.07) is -0.343. The highest BCUT2D eigenvalue weighted by Crippen LogP contribution is 2.17. The van der Waals surface area contributed by atoms with Crippen molar-refractivity contribution in [2.24, 2.45) is 5.84 Å². The number of nitrogens with zero attached hydrogens (tertiary/aromatic N) is 1. The standard InChI is InChI=1S/C11H20N4O3/c1-11(2)9(17)15(10(18)13-11)7-5-3-4-6-8(16)14-12/h3-7,12H2,1-2H3,(H,13,18)(H,14,16). The highest BCUT2D eigenvalue weighted by molar-refractivity contribution is 6.06. The molecule has 0 radical (unpaired) electrons. The van der Waals surface area contributed by atoms with Crippen LogP contribution < -0.4 is 16.6 Å². The van der Waals surface area contributed by atoms with Crippen molar-refractivity contribution >= 4 is 17.8 Å². The lowest BCUT2D eigenvalue weighted by Gasteiger charge is -2.15. The lowest BCUT2D eigenvalue weighted by Crippen LogP contribution is -2.40. The summed E-state index contributed by atoms with van der Waals surface area (Å²) in [5.41, 5.74) is 1.25. The highest BCUT2D eigenvalue weighted by Gasteiger charge is 2.43. The highest BCUT2D eigenvalue weighted by atomic mass is 16.2. The number of imide groups is 1. The van der Waals surface area contributed by atoms with Gasteiger partial charge >= 0.3 is 6.03 Å². The predicted molar refractivity (Wildman–Crippen MR) is 65.1 cm³/mol. The van der Waals surface area contributed by atoms with Crippen LogP contribution in [0.3, 0.4) is 0 Å². The second kappa shape index (κ2) is 5.81. The Morgan fingerprint density at radius 1 is 1.33 bits per heavy atom. The Kier molecular flexibility index (Phi) is 4.66. The van der Waals surface area contributed by atoms with E-state index < -0.39 is 5.54 Å². The zero-order chi connectivity index (χ0) is 13.8. The molecule has 0 aromatic rings. The first-order valence-electron chi connectivity index (χ1n) is 6.02. The molecule has 1 aliphatic rings. The van der Waals surface area contributed by atoms with Gasteiger partial charge in [0.25, 0.3) is 5.91 Å². The topological polar surface area (TPSA) is 105 Å². The smallest absolute Gasteiger partial charge is 0.324 e. The van der Waals surface area contributed by atoms with Crippen LogP contribution >= 0.6 is 0 Å². The number of urea groups is 1. The Labute approximate surface area is 106 Å². The largest absolute Gasteiger partial charge is 0.325 e. The van der Waals surface area contributed by atoms with Gasteiger partial charge in [0.15, 0.2) is 0 Å². The third kappa shape index (κ3) is 3.43. The number of carbonyl (C=O) groups is 3. The average Bonchev–Trinajstić information content (AvgIpc) is 2.49. The van der Waals surface area contributed by atoms with Gasteiger partial charge in [-0.25, -0.2) is 10.6 Å². The van der Waals surface area contributed by atoms with Crippen LogP contribution in [0.1, 0.15) is 39.5 Å². The third-order valence-electron chi connectivity index (χ3n) is 2.89. The van der Waals surface area contributed by atoms with Crippen LogP contribution in [0.25, 0.3) is 0 Å². The molecule has 0 spiro atoms. The zero-order valence-electron chi connectivity index (χ0n) is 10.8. The van der Waals surface area contributed by atoms with Gasteiger partial charge in [0.2, 0.25) is 5.91 Å². The summed E-state index contributed by atoms with van der Waals surface area (Å²) < 4.78 is 0. The molecule has 0 unspecified atom stereocenters. The zero-order valence-corrected chi connectivity index (χ0v) is 10.8. The summed E-state index contributed by atoms with van der Waals surface area (Å²) in [6.07, 6.45) is 2.51. The van der Waals surface area contributed by atoms with E-state index in [-0.39, 0.29) is 17.8 Å². The lowest BCUT2D eigenvalue weighted by molar-refractivity contribution is -0.130. The molecule has 0 saturated carbocycles. The predicted octanol–water partition coefficient (Wildman–Crippen LogP) is -0.133. The molecule has 0 aromatic heterocycles. The molecular formula is C11H20N4O3. The van der Waals surface area contributed by atoms with Gasteiger partial charge in [-0.1, -0.05) is 6.42 Å². The average molecular weight is 256 g/mol. The Hall–Kier alpha value is -1.63. The molecule has 1 rings (SSSR count). The molecule has 102 valence electrons. The van der Waals surface area contributed by atoms with Crippen molar-refractivity contribution < 1.29 is 14.4 Å². The van der Waals surface area contributed by atoms with Crippen molar-refractivity contribution in [1.29, 1.82) is 0 Å². The second-order valence-electron chi connectivity index (χ2n) is 4.89. The maximum absolute atomic E-state index is 11.8. The van der Waals surface area contributed by atoms with Crippen molar-refractivity contribution in [2.75, 3.05) is 6.54 Å². The molecule has 1 heterocycles. The lowest BCUT2D eigenvalue weighted by atomic mass is 10.1. The number of nitrogens with two attached hydrogens (primary N) is 1. The van der Waals surface area contributed by atoms with E-state index in [1.54, 1.807) is 13.8 Å². The van der Waals surface area contributed by atoms with Gasteiger partial charge in [-0.05, 0) is 26.7 Å². The van der Waals surface area contributed by atoms with Gasteiger partial charge in [-0.2, -0.15) is 0 Å². The van der Waals surface area contributed by atoms with Gasteiger partial charge in [-0.3, -0.25) is 19.9 Å². The van der Waals surface area contributed by atoms with E-state index >= 15 is 0 Å². The van der Waals surface area contributed by atoms with Crippen LogP contribution in [0.5, 0.6) is 0 Å². The molecule has 0 aliphatic carbocycles. The minimum absolute atomic E-state index is 0.202. The minimum Gasteiger partial charge on any atom is -0.324 e. The van der Waals surface area contributed by atoms with E-state index in [1.807, 2.05) is 0 Å². The molecule has 4 amide bonds. The molecule has 0 bridgehead atoms. The monoisotopic (exact) mass is 256 g/mol. The Morgan fingerprint density at radius 3 is 2.50 bits per heavy atom. The molecule has 1 fully saturated rings. The van der Waals surface area contributed by atoms with Crippen molar-refractivity contribution in [2.45, 2.75) is 45.1 Å². The first-order chi connectivity index (χ1) is 8.38. The number of carbonyl (C=O) groups excluding carboxylic acids is 3. The van der Waals surface area contributed by atoms with Crippen LogP contribution in [-0.4, -0.2) is 34.8 Å². The summed E-state index contributed by atoms with van der Waals surface area (Å²) in [5, 5.41) is 2.62. The molecule has 0 aromatic carbocycles. The summed E-state index contributed by atoms with van der Waals surface area (Å²) in [5.74, 6) is 4.54. The summed E-state index contributed by atoms with van der Waals surface area (Å²) in [4.78, 5) is 35.4. The van der Waals surface area contributed by atoms with Gasteiger partial charge in [0, 0.05) is 13.0 Å². The molecule has 0 atom stereocenters. The number of rotatable bonds is 6. The second-order valence-corrected chi connectivity index (χ2v) is 4.89. The Balaban J connectivity index is 2.26. The van der Waals surface area contributed by atoms with Crippen LogP contribution in [0.2, 0.25) is 0 Å². The first kappa shape index (κ1) is 14.4. The third-order valence-corrected chi connectivity index (χ3v) is 2.89. The summed E-state index contributed by atoms with van der Waals surface area (Å²) >= 11 is 0. The number of hydrazine groups is 1. The molecule has 18 heavy (non-hydrogen) atoms. The maximum Gasteiger partial charge on any atom is 0.325 e. The molecule has 4 N–H and O–H groups in total. The number of hydrogen-bond acceptors (Lipinski definition) is 4. The molecule has 7 nitrogen and oxygen atoms in total. The van der Waals surface area contributed by atoms with Crippen LogP contribution in [0, 0.1) is 0 Å². The maximum atomic E-state index is 11.8. The van der Waals surface area contributed by atoms with Crippen molar-refractivity contribution in [1.82, 2.24) is 15.6 Å². The van der Waals surface area contributed by atoms with Gasteiger partial charge in [-0.15, -0.1) is 0 Å². The Morgan fingerprint density at radius 2 is 2.00 bits per heavy atom. The van der Waals surface area contributed by atoms with Gasteiger partial charge in [0.05, 0.1) is 0 Å². The van der Waals surface area contributed by atoms with E-state index in [2.05, 4.69) is 10.7 Å². The first-order valence-corrected chi connectivity index (χ1v) is 6.02. The fourth-order valence-corrected chi connectivity index (χ4v) is 1.83.